The molecule has 2 unspecified atom stereocenters. The average molecular weight is 572 g/mol. The van der Waals surface area contributed by atoms with Crippen LogP contribution < -0.4 is 10.6 Å². The summed E-state index contributed by atoms with van der Waals surface area (Å²) >= 11 is 6.46. The monoisotopic (exact) mass is 571 g/mol. The molecule has 2 rings (SSSR count). The number of anilines is 1. The zero-order valence-electron chi connectivity index (χ0n) is 25.3. The third-order valence-electron chi connectivity index (χ3n) is 6.37. The molecule has 0 aliphatic heterocycles. The molecule has 0 aliphatic rings. The minimum Gasteiger partial charge on any atom is -0.444 e. The number of hydrogen-bond donors (Lipinski definition) is 2. The Balaban J connectivity index is 2.58. The molecule has 2 atom stereocenters. The Hall–Kier alpha value is -3.06. The first-order valence-corrected chi connectivity index (χ1v) is 14.5. The number of aryl methyl sites for hydroxylation is 2. The second-order valence-corrected chi connectivity index (χ2v) is 12.2. The van der Waals surface area contributed by atoms with Gasteiger partial charge in [-0.25, -0.2) is 4.79 Å². The van der Waals surface area contributed by atoms with Gasteiger partial charge in [-0.3, -0.25) is 9.59 Å². The number of nitrogens with zero attached hydrogens (tertiary/aromatic N) is 1. The smallest absolute Gasteiger partial charge is 0.408 e. The molecule has 0 aromatic heterocycles. The number of rotatable bonds is 12. The van der Waals surface area contributed by atoms with Crippen LogP contribution in [0.3, 0.4) is 0 Å². The van der Waals surface area contributed by atoms with Gasteiger partial charge in [0.1, 0.15) is 17.7 Å². The number of amides is 3. The SMILES string of the molecule is CCCCCN(C(=O)C(CC(C)C)NC(=O)OC(C)(C)C)C(C(=O)Nc1c(C)cccc1Cl)c1cccc(C)c1. The topological polar surface area (TPSA) is 87.7 Å². The molecule has 3 amide bonds. The molecule has 0 fully saturated rings. The van der Waals surface area contributed by atoms with E-state index in [4.69, 9.17) is 16.3 Å². The van der Waals surface area contributed by atoms with Crippen LogP contribution in [-0.4, -0.2) is 41.0 Å². The minimum atomic E-state index is -0.935. The van der Waals surface area contributed by atoms with E-state index in [1.54, 1.807) is 31.7 Å². The van der Waals surface area contributed by atoms with Gasteiger partial charge in [-0.2, -0.15) is 0 Å². The summed E-state index contributed by atoms with van der Waals surface area (Å²) in [6.45, 7) is 15.6. The maximum Gasteiger partial charge on any atom is 0.408 e. The molecule has 7 nitrogen and oxygen atoms in total. The number of unbranched alkanes of at least 4 members (excludes halogenated alkanes) is 2. The first-order valence-electron chi connectivity index (χ1n) is 14.2. The molecule has 0 saturated heterocycles. The minimum absolute atomic E-state index is 0.110. The number of carbonyl (C=O) groups excluding carboxylic acids is 3. The van der Waals surface area contributed by atoms with Crippen LogP contribution in [0.25, 0.3) is 0 Å². The summed E-state index contributed by atoms with van der Waals surface area (Å²) in [6.07, 6.45) is 2.29. The zero-order chi connectivity index (χ0) is 30.0. The fraction of sp³-hybridized carbons (Fsp3) is 0.531. The Morgan fingerprint density at radius 2 is 1.70 bits per heavy atom. The van der Waals surface area contributed by atoms with E-state index >= 15 is 0 Å². The number of ether oxygens (including phenoxy) is 1. The van der Waals surface area contributed by atoms with E-state index < -0.39 is 23.8 Å². The number of benzene rings is 2. The normalized spacial score (nSPS) is 12.9. The highest BCUT2D eigenvalue weighted by Gasteiger charge is 2.36. The van der Waals surface area contributed by atoms with Crippen molar-refractivity contribution in [1.29, 1.82) is 0 Å². The lowest BCUT2D eigenvalue weighted by atomic mass is 9.97. The van der Waals surface area contributed by atoms with Gasteiger partial charge >= 0.3 is 6.09 Å². The molecule has 2 N–H and O–H groups in total. The average Bonchev–Trinajstić information content (AvgIpc) is 2.83. The Kier molecular flexibility index (Phi) is 12.5. The Bertz CT molecular complexity index is 1140. The van der Waals surface area contributed by atoms with Crippen LogP contribution in [-0.2, 0) is 14.3 Å². The van der Waals surface area contributed by atoms with E-state index in [0.29, 0.717) is 35.7 Å². The highest BCUT2D eigenvalue weighted by Crippen LogP contribution is 2.30. The van der Waals surface area contributed by atoms with Crippen molar-refractivity contribution in [3.63, 3.8) is 0 Å². The van der Waals surface area contributed by atoms with Crippen LogP contribution in [0.15, 0.2) is 42.5 Å². The number of carbonyl (C=O) groups is 3. The first-order chi connectivity index (χ1) is 18.7. The molecule has 2 aromatic carbocycles. The molecule has 0 aliphatic carbocycles. The van der Waals surface area contributed by atoms with Crippen molar-refractivity contribution in [3.8, 4) is 0 Å². The number of para-hydroxylation sites is 1. The molecule has 0 spiro atoms. The maximum atomic E-state index is 14.3. The van der Waals surface area contributed by atoms with Gasteiger partial charge in [0.15, 0.2) is 0 Å². The lowest BCUT2D eigenvalue weighted by molar-refractivity contribution is -0.141. The molecule has 2 aromatic rings. The fourth-order valence-corrected chi connectivity index (χ4v) is 4.81. The summed E-state index contributed by atoms with van der Waals surface area (Å²) in [5, 5.41) is 6.21. The molecule has 0 heterocycles. The molecule has 8 heteroatoms. The van der Waals surface area contributed by atoms with Gasteiger partial charge in [-0.05, 0) is 70.6 Å². The Morgan fingerprint density at radius 3 is 2.27 bits per heavy atom. The summed E-state index contributed by atoms with van der Waals surface area (Å²) in [5.41, 5.74) is 2.27. The predicted molar refractivity (Wildman–Crippen MR) is 163 cm³/mol. The number of halogens is 1. The van der Waals surface area contributed by atoms with Crippen LogP contribution in [0.5, 0.6) is 0 Å². The highest BCUT2D eigenvalue weighted by molar-refractivity contribution is 6.34. The third-order valence-corrected chi connectivity index (χ3v) is 6.68. The van der Waals surface area contributed by atoms with Gasteiger partial charge < -0.3 is 20.3 Å². The summed E-state index contributed by atoms with van der Waals surface area (Å²) < 4.78 is 5.48. The molecular weight excluding hydrogens is 526 g/mol. The zero-order valence-corrected chi connectivity index (χ0v) is 26.0. The second-order valence-electron chi connectivity index (χ2n) is 11.8. The van der Waals surface area contributed by atoms with Crippen LogP contribution in [0, 0.1) is 19.8 Å². The van der Waals surface area contributed by atoms with Crippen molar-refractivity contribution in [2.45, 2.75) is 98.8 Å². The van der Waals surface area contributed by atoms with Crippen molar-refractivity contribution in [2.75, 3.05) is 11.9 Å². The number of alkyl carbamates (subject to hydrolysis) is 1. The maximum absolute atomic E-state index is 14.3. The highest BCUT2D eigenvalue weighted by atomic mass is 35.5. The molecular formula is C32H46ClN3O4. The molecule has 220 valence electrons. The van der Waals surface area contributed by atoms with Gasteiger partial charge in [0.05, 0.1) is 10.7 Å². The van der Waals surface area contributed by atoms with E-state index in [2.05, 4.69) is 17.6 Å². The summed E-state index contributed by atoms with van der Waals surface area (Å²) in [4.78, 5) is 42.8. The van der Waals surface area contributed by atoms with Gasteiger partial charge in [0, 0.05) is 6.54 Å². The Labute approximate surface area is 245 Å². The lowest BCUT2D eigenvalue weighted by Crippen LogP contribution is -2.53. The molecule has 0 radical (unpaired) electrons. The van der Waals surface area contributed by atoms with E-state index in [0.717, 1.165) is 24.0 Å². The largest absolute Gasteiger partial charge is 0.444 e. The third kappa shape index (κ3) is 10.2. The van der Waals surface area contributed by atoms with Crippen LogP contribution in [0.1, 0.15) is 90.0 Å². The van der Waals surface area contributed by atoms with Crippen LogP contribution >= 0.6 is 11.6 Å². The van der Waals surface area contributed by atoms with Gasteiger partial charge in [0.25, 0.3) is 5.91 Å². The van der Waals surface area contributed by atoms with Crippen molar-refractivity contribution in [1.82, 2.24) is 10.2 Å². The lowest BCUT2D eigenvalue weighted by Gasteiger charge is -2.35. The van der Waals surface area contributed by atoms with Crippen molar-refractivity contribution in [3.05, 3.63) is 64.2 Å². The quantitative estimate of drug-likeness (QED) is 0.257. The molecule has 40 heavy (non-hydrogen) atoms. The standard InChI is InChI=1S/C32H46ClN3O4/c1-9-10-11-18-36(30(38)26(19-21(2)3)34-31(39)40-32(6,7)8)28(24-16-12-14-22(4)20-24)29(37)35-27-23(5)15-13-17-25(27)33/h12-17,20-21,26,28H,9-11,18-19H2,1-8H3,(H,34,39)(H,35,37). The van der Waals surface area contributed by atoms with Crippen LogP contribution in [0.4, 0.5) is 10.5 Å². The molecule has 0 bridgehead atoms. The van der Waals surface area contributed by atoms with E-state index in [-0.39, 0.29) is 17.7 Å². The number of nitrogens with one attached hydrogen (secondary N) is 2. The van der Waals surface area contributed by atoms with E-state index in [1.165, 1.54) is 0 Å². The molecule has 0 saturated carbocycles. The van der Waals surface area contributed by atoms with Crippen LogP contribution in [0.2, 0.25) is 5.02 Å². The van der Waals surface area contributed by atoms with Gasteiger partial charge in [0.2, 0.25) is 5.91 Å². The number of hydrogen-bond acceptors (Lipinski definition) is 4. The fourth-order valence-electron chi connectivity index (χ4n) is 4.54. The summed E-state index contributed by atoms with van der Waals surface area (Å²) in [7, 11) is 0. The summed E-state index contributed by atoms with van der Waals surface area (Å²) in [5.74, 6) is -0.584. The Morgan fingerprint density at radius 1 is 1.02 bits per heavy atom. The van der Waals surface area contributed by atoms with Gasteiger partial charge in [-0.15, -0.1) is 0 Å². The first kappa shape index (κ1) is 33.1. The predicted octanol–water partition coefficient (Wildman–Crippen LogP) is 7.59. The van der Waals surface area contributed by atoms with Crippen molar-refractivity contribution >= 4 is 35.2 Å². The second kappa shape index (κ2) is 15.1. The van der Waals surface area contributed by atoms with Crippen molar-refractivity contribution < 1.29 is 19.1 Å². The van der Waals surface area contributed by atoms with E-state index in [9.17, 15) is 14.4 Å². The van der Waals surface area contributed by atoms with Gasteiger partial charge in [-0.1, -0.05) is 87.2 Å². The van der Waals surface area contributed by atoms with E-state index in [1.807, 2.05) is 64.1 Å². The van der Waals surface area contributed by atoms with Crippen molar-refractivity contribution in [2.24, 2.45) is 5.92 Å². The summed E-state index contributed by atoms with van der Waals surface area (Å²) in [6, 6.07) is 11.2.